The molecular formula is C57H65N13O4S2. The number of hydrogen-bond donors (Lipinski definition) is 3. The van der Waals surface area contributed by atoms with Crippen molar-refractivity contribution in [1.29, 1.82) is 0 Å². The number of aromatic nitrogens is 2. The summed E-state index contributed by atoms with van der Waals surface area (Å²) in [6.45, 7) is 6.48. The highest BCUT2D eigenvalue weighted by Gasteiger charge is 2.46. The first kappa shape index (κ1) is 56.4. The fraction of sp³-hybridized carbons (Fsp3) is 0.246. The van der Waals surface area contributed by atoms with E-state index < -0.39 is 9.84 Å². The lowest BCUT2D eigenvalue weighted by Crippen LogP contribution is -2.44. The van der Waals surface area contributed by atoms with Crippen LogP contribution in [0.4, 0.5) is 11.5 Å². The maximum atomic E-state index is 12.4. The molecule has 19 heteroatoms. The van der Waals surface area contributed by atoms with E-state index in [1.54, 1.807) is 19.9 Å². The average molecular weight is 1060 g/mol. The molecule has 2 aromatic carbocycles. The van der Waals surface area contributed by atoms with Crippen LogP contribution in [0.15, 0.2) is 84.7 Å². The van der Waals surface area contributed by atoms with Crippen molar-refractivity contribution in [2.24, 2.45) is 48.1 Å². The van der Waals surface area contributed by atoms with Crippen LogP contribution in [0.3, 0.4) is 0 Å². The van der Waals surface area contributed by atoms with Gasteiger partial charge in [-0.05, 0) is 175 Å². The van der Waals surface area contributed by atoms with Gasteiger partial charge in [-0.25, -0.2) is 18.4 Å². The van der Waals surface area contributed by atoms with Gasteiger partial charge < -0.3 is 30.9 Å². The van der Waals surface area contributed by atoms with Crippen LogP contribution in [0, 0.1) is 165 Å². The third kappa shape index (κ3) is 17.1. The number of piperidine rings is 1. The van der Waals surface area contributed by atoms with Gasteiger partial charge in [0.25, 0.3) is 0 Å². The van der Waals surface area contributed by atoms with Gasteiger partial charge in [-0.3, -0.25) is 4.99 Å². The Morgan fingerprint density at radius 3 is 1.80 bits per heavy atom. The van der Waals surface area contributed by atoms with E-state index in [9.17, 15) is 13.6 Å². The summed E-state index contributed by atoms with van der Waals surface area (Å²) in [6.07, 6.45) is 7.89. The summed E-state index contributed by atoms with van der Waals surface area (Å²) in [7, 11) is -3.31. The highest BCUT2D eigenvalue weighted by atomic mass is 32.2. The molecule has 1 spiro atoms. The van der Waals surface area contributed by atoms with Gasteiger partial charge >= 0.3 is 0 Å². The highest BCUT2D eigenvalue weighted by molar-refractivity contribution is 7.90. The van der Waals surface area contributed by atoms with Crippen molar-refractivity contribution in [3.8, 4) is 154 Å². The number of benzene rings is 2. The maximum Gasteiger partial charge on any atom is 0.230 e. The number of thiol groups is 1. The minimum atomic E-state index is -3.31. The third-order valence-corrected chi connectivity index (χ3v) is 12.3. The Morgan fingerprint density at radius 2 is 1.30 bits per heavy atom. The molecule has 3 aromatic rings. The molecule has 0 radical (unpaired) electrons. The lowest BCUT2D eigenvalue weighted by atomic mass is 9.73. The van der Waals surface area contributed by atoms with Crippen LogP contribution >= 0.6 is 12.9 Å². The number of nitrogens with two attached hydrogens (primary N) is 2. The van der Waals surface area contributed by atoms with E-state index in [1.165, 1.54) is 17.4 Å². The molecule has 4 aliphatic rings. The van der Waals surface area contributed by atoms with Gasteiger partial charge in [0.15, 0.2) is 15.7 Å². The lowest BCUT2D eigenvalue weighted by molar-refractivity contribution is -0.744. The van der Waals surface area contributed by atoms with Gasteiger partial charge in [0, 0.05) is 107 Å². The van der Waals surface area contributed by atoms with Crippen molar-refractivity contribution < 1.29 is 34.8 Å². The molecule has 0 saturated carbocycles. The highest BCUT2D eigenvalue weighted by Crippen LogP contribution is 2.51. The van der Waals surface area contributed by atoms with Crippen molar-refractivity contribution in [3.05, 3.63) is 81.9 Å². The Labute approximate surface area is 466 Å². The summed E-state index contributed by atoms with van der Waals surface area (Å²) in [4.78, 5) is 19.6. The molecule has 1 unspecified atom stereocenters. The molecule has 4 N–H and O–H groups in total. The molecule has 4 heterocycles. The zero-order valence-electron chi connectivity index (χ0n) is 41.1. The first-order chi connectivity index (χ1) is 37.1. The normalized spacial score (nSPS) is 14.0. The molecule has 76 heavy (non-hydrogen) atoms. The van der Waals surface area contributed by atoms with Gasteiger partial charge in [-0.1, -0.05) is 60.3 Å². The molecule has 1 fully saturated rings. The number of amidine groups is 1. The van der Waals surface area contributed by atoms with E-state index in [4.69, 9.17) is 20.7 Å². The van der Waals surface area contributed by atoms with E-state index in [0.717, 1.165) is 86.0 Å². The minimum absolute atomic E-state index is 0. The van der Waals surface area contributed by atoms with E-state index in [1.807, 2.05) is 18.3 Å². The van der Waals surface area contributed by atoms with Gasteiger partial charge in [0.2, 0.25) is 10.4 Å². The summed E-state index contributed by atoms with van der Waals surface area (Å²) in [5.41, 5.74) is 13.1. The van der Waals surface area contributed by atoms with Gasteiger partial charge in [-0.2, -0.15) is 0 Å². The van der Waals surface area contributed by atoms with Crippen molar-refractivity contribution >= 4 is 40.1 Å². The van der Waals surface area contributed by atoms with Crippen LogP contribution in [0.2, 0.25) is 0 Å². The number of hydrogen-bond acceptors (Lipinski definition) is 12. The molecule has 7 rings (SSSR count). The summed E-state index contributed by atoms with van der Waals surface area (Å²) in [6, 6.07) is 14.2. The maximum absolute atomic E-state index is 12.4. The molecule has 17 nitrogen and oxygen atoms in total. The summed E-state index contributed by atoms with van der Waals surface area (Å²) in [5, 5.41) is 23.5. The largest absolute Gasteiger partial charge is 0.394 e. The second-order valence-corrected chi connectivity index (χ2v) is 17.6. The van der Waals surface area contributed by atoms with Gasteiger partial charge in [-0.15, -0.1) is 0 Å². The Hall–Kier alpha value is -10.5. The number of aliphatic imine (C=N–C) groups is 1. The molecular weight excluding hydrogens is 995 g/mol. The molecule has 1 aliphatic carbocycles. The van der Waals surface area contributed by atoms with E-state index >= 15 is 0 Å². The first-order valence-electron chi connectivity index (χ1n) is 22.5. The van der Waals surface area contributed by atoms with Crippen LogP contribution in [-0.2, 0) is 33.5 Å². The molecule has 1 saturated heterocycles. The van der Waals surface area contributed by atoms with E-state index in [2.05, 4.69) is 237 Å². The zero-order chi connectivity index (χ0) is 54.3. The molecule has 1 aromatic heterocycles. The van der Waals surface area contributed by atoms with Crippen LogP contribution in [0.1, 0.15) is 84.3 Å². The number of nitrogens with zero attached hydrogens (tertiary/aromatic N) is 11. The number of fused-ring (bicyclic) bond motifs is 3. The third-order valence-electron chi connectivity index (χ3n) is 11.0. The molecule has 1 atom stereocenters. The Balaban J connectivity index is -0.000000193. The standard InChI is InChI=1S/C29H32N6O2S.C28H6.H3N7O2S.12H2/c1-38(36,37)24-10-4-9-23-21(24)8-5-13-35(23)28-26-22(17-32-28)33-25(18-31-26)34-14-11-29(12-15-34)16-19-6-2-3-7-20(19)27(29)30;1-3-5-7-9-11-13-15-17-19-21-23-25-27-28-26-24-22-20-18-16-14-12-10-8-6-4-2;1-2-3-4-5-6-7(8)9-10;;;;;;;;;;;;/h2-4,6-7,9-10,18,27H,5,8,11-17,30H2,1H3;1-2H3;10H,(H2,1,3,5);12*1H. The molecule has 0 bridgehead atoms. The lowest BCUT2D eigenvalue weighted by Gasteiger charge is -2.42. The van der Waals surface area contributed by atoms with Crippen LogP contribution < -0.4 is 21.4 Å². The van der Waals surface area contributed by atoms with Crippen LogP contribution in [-0.4, -0.2) is 55.1 Å². The summed E-state index contributed by atoms with van der Waals surface area (Å²) < 4.78 is 28.5. The van der Waals surface area contributed by atoms with Crippen LogP contribution in [0.25, 0.3) is 0 Å². The van der Waals surface area contributed by atoms with Crippen molar-refractivity contribution in [2.75, 3.05) is 35.7 Å². The second kappa shape index (κ2) is 30.4. The molecule has 394 valence electrons. The average Bonchev–Trinajstić information content (AvgIpc) is 2.07. The van der Waals surface area contributed by atoms with Crippen molar-refractivity contribution in [3.63, 3.8) is 0 Å². The predicted octanol–water partition coefficient (Wildman–Crippen LogP) is 7.79. The number of sulfone groups is 1. The smallest absolute Gasteiger partial charge is 0.230 e. The second-order valence-electron chi connectivity index (χ2n) is 15.4. The first-order valence-corrected chi connectivity index (χ1v) is 24.7. The number of rotatable bonds is 5. The predicted molar refractivity (Wildman–Crippen MR) is 316 cm³/mol. The Kier molecular flexibility index (Phi) is 22.6. The summed E-state index contributed by atoms with van der Waals surface area (Å²) in [5.74, 6) is 71.8. The molecule has 3 aliphatic heterocycles. The zero-order valence-corrected chi connectivity index (χ0v) is 42.8. The van der Waals surface area contributed by atoms with E-state index in [0.29, 0.717) is 11.4 Å². The Morgan fingerprint density at radius 1 is 0.763 bits per heavy atom. The monoisotopic (exact) mass is 1060 g/mol. The van der Waals surface area contributed by atoms with Gasteiger partial charge in [0.1, 0.15) is 16.7 Å². The van der Waals surface area contributed by atoms with Crippen molar-refractivity contribution in [1.82, 2.24) is 9.97 Å². The number of anilines is 2. The minimum Gasteiger partial charge on any atom is -0.394 e. The Bertz CT molecular complexity index is 3790. The topological polar surface area (TPSA) is 228 Å². The molecule has 0 amide bonds. The van der Waals surface area contributed by atoms with Crippen LogP contribution in [0.5, 0.6) is 0 Å². The SMILES string of the molecule is CC#CC#CC#CC#CC#CC#CC#CC#CC#CC#CC#CC#CC#CC.CS(=O)(=O)c1cccc2c1CCCN2C1=NCc2nc(N3CCC4(CC3)Cc3ccccc3C4N)cnc21.NN=NN=NN=[N+]([O-])OS.[HH].[HH].[HH].[HH].[HH].[HH].[HH].[HH].[HH].[HH].[HH].[HH]. The fourth-order valence-corrected chi connectivity index (χ4v) is 8.88. The van der Waals surface area contributed by atoms with E-state index in [-0.39, 0.29) is 33.6 Å². The fourth-order valence-electron chi connectivity index (χ4n) is 7.87. The quantitative estimate of drug-likeness (QED) is 0.0561. The van der Waals surface area contributed by atoms with Gasteiger partial charge in [0.05, 0.1) is 28.4 Å². The summed E-state index contributed by atoms with van der Waals surface area (Å²) >= 11 is 3.08. The van der Waals surface area contributed by atoms with Crippen molar-refractivity contribution in [2.45, 2.75) is 63.4 Å².